The van der Waals surface area contributed by atoms with Crippen molar-refractivity contribution in [2.45, 2.75) is 23.8 Å². The number of aromatic nitrogens is 2. The van der Waals surface area contributed by atoms with Crippen LogP contribution in [0.15, 0.2) is 9.64 Å². The van der Waals surface area contributed by atoms with Crippen molar-refractivity contribution in [3.63, 3.8) is 0 Å². The number of ether oxygens (including phenoxy) is 1. The van der Waals surface area contributed by atoms with Gasteiger partial charge in [0.2, 0.25) is 11.8 Å². The van der Waals surface area contributed by atoms with E-state index in [0.717, 1.165) is 16.7 Å². The molecule has 0 saturated carbocycles. The molecule has 1 aliphatic heterocycles. The van der Waals surface area contributed by atoms with Gasteiger partial charge in [0, 0.05) is 13.5 Å². The molecule has 19 heavy (non-hydrogen) atoms. The SMILES string of the molecule is CCOC(=O)c1nnc(SC2CC(=O)N(C)C2=O)o1. The van der Waals surface area contributed by atoms with Crippen LogP contribution < -0.4 is 0 Å². The zero-order valence-corrected chi connectivity index (χ0v) is 11.1. The van der Waals surface area contributed by atoms with Crippen molar-refractivity contribution in [3.8, 4) is 0 Å². The van der Waals surface area contributed by atoms with Crippen LogP contribution in [0.4, 0.5) is 0 Å². The predicted molar refractivity (Wildman–Crippen MR) is 62.3 cm³/mol. The molecule has 2 amide bonds. The smallest absolute Gasteiger partial charge is 0.396 e. The van der Waals surface area contributed by atoms with Crippen molar-refractivity contribution in [3.05, 3.63) is 5.89 Å². The molecule has 0 bridgehead atoms. The van der Waals surface area contributed by atoms with Crippen LogP contribution in [0.2, 0.25) is 0 Å². The van der Waals surface area contributed by atoms with Gasteiger partial charge in [-0.25, -0.2) is 4.79 Å². The van der Waals surface area contributed by atoms with Crippen molar-refractivity contribution < 1.29 is 23.5 Å². The Morgan fingerprint density at radius 3 is 2.84 bits per heavy atom. The summed E-state index contributed by atoms with van der Waals surface area (Å²) in [5.41, 5.74) is 0. The molecule has 0 spiro atoms. The number of carbonyl (C=O) groups excluding carboxylic acids is 3. The molecule has 0 N–H and O–H groups in total. The van der Waals surface area contributed by atoms with Gasteiger partial charge in [0.15, 0.2) is 0 Å². The number of esters is 1. The second kappa shape index (κ2) is 5.39. The fraction of sp³-hybridized carbons (Fsp3) is 0.500. The number of imide groups is 1. The molecule has 1 fully saturated rings. The molecular weight excluding hydrogens is 274 g/mol. The van der Waals surface area contributed by atoms with Gasteiger partial charge in [-0.1, -0.05) is 16.9 Å². The van der Waals surface area contributed by atoms with E-state index in [4.69, 9.17) is 9.15 Å². The third-order valence-electron chi connectivity index (χ3n) is 2.44. The average Bonchev–Trinajstić information content (AvgIpc) is 2.92. The Bertz CT molecular complexity index is 529. The summed E-state index contributed by atoms with van der Waals surface area (Å²) in [6.45, 7) is 1.85. The normalized spacial score (nSPS) is 19.1. The summed E-state index contributed by atoms with van der Waals surface area (Å²) < 4.78 is 9.76. The summed E-state index contributed by atoms with van der Waals surface area (Å²) >= 11 is 0.963. The Morgan fingerprint density at radius 1 is 1.53 bits per heavy atom. The number of rotatable bonds is 4. The average molecular weight is 285 g/mol. The third-order valence-corrected chi connectivity index (χ3v) is 3.46. The molecule has 8 nitrogen and oxygen atoms in total. The fourth-order valence-electron chi connectivity index (χ4n) is 1.47. The van der Waals surface area contributed by atoms with E-state index in [1.807, 2.05) is 0 Å². The lowest BCUT2D eigenvalue weighted by molar-refractivity contribution is -0.136. The highest BCUT2D eigenvalue weighted by Gasteiger charge is 2.38. The molecule has 1 atom stereocenters. The predicted octanol–water partition coefficient (Wildman–Crippen LogP) is 0.0957. The number of amides is 2. The summed E-state index contributed by atoms with van der Waals surface area (Å²) in [5, 5.41) is 6.62. The number of hydrogen-bond acceptors (Lipinski definition) is 8. The third kappa shape index (κ3) is 2.75. The molecule has 0 radical (unpaired) electrons. The second-order valence-electron chi connectivity index (χ2n) is 3.70. The Labute approximate surface area is 112 Å². The lowest BCUT2D eigenvalue weighted by atomic mass is 10.4. The summed E-state index contributed by atoms with van der Waals surface area (Å²) in [7, 11) is 1.42. The van der Waals surface area contributed by atoms with E-state index in [1.54, 1.807) is 6.92 Å². The minimum atomic E-state index is -0.715. The van der Waals surface area contributed by atoms with Crippen LogP contribution in [0.5, 0.6) is 0 Å². The molecule has 1 aromatic rings. The highest BCUT2D eigenvalue weighted by molar-refractivity contribution is 8.00. The van der Waals surface area contributed by atoms with Crippen LogP contribution >= 0.6 is 11.8 Å². The van der Waals surface area contributed by atoms with E-state index in [1.165, 1.54) is 7.05 Å². The van der Waals surface area contributed by atoms with Crippen LogP contribution in [-0.2, 0) is 14.3 Å². The Hall–Kier alpha value is -1.90. The van der Waals surface area contributed by atoms with Crippen molar-refractivity contribution in [2.75, 3.05) is 13.7 Å². The van der Waals surface area contributed by atoms with Gasteiger partial charge in [-0.15, -0.1) is 5.10 Å². The first-order valence-electron chi connectivity index (χ1n) is 5.50. The topological polar surface area (TPSA) is 103 Å². The molecule has 0 aromatic carbocycles. The second-order valence-corrected chi connectivity index (χ2v) is 4.85. The van der Waals surface area contributed by atoms with Crippen LogP contribution in [0, 0.1) is 0 Å². The number of thioether (sulfide) groups is 1. The highest BCUT2D eigenvalue weighted by atomic mass is 32.2. The molecule has 102 valence electrons. The van der Waals surface area contributed by atoms with Gasteiger partial charge in [0.05, 0.1) is 6.61 Å². The molecule has 2 rings (SSSR count). The zero-order valence-electron chi connectivity index (χ0n) is 10.3. The van der Waals surface area contributed by atoms with E-state index in [2.05, 4.69) is 10.2 Å². The van der Waals surface area contributed by atoms with Crippen LogP contribution in [0.3, 0.4) is 0 Å². The molecular formula is C10H11N3O5S. The molecule has 1 aromatic heterocycles. The number of likely N-dealkylation sites (tertiary alicyclic amines) is 1. The zero-order chi connectivity index (χ0) is 14.0. The lowest BCUT2D eigenvalue weighted by Gasteiger charge is -2.05. The van der Waals surface area contributed by atoms with E-state index in [0.29, 0.717) is 0 Å². The first-order chi connectivity index (χ1) is 9.02. The number of nitrogens with zero attached hydrogens (tertiary/aromatic N) is 3. The largest absolute Gasteiger partial charge is 0.459 e. The maximum Gasteiger partial charge on any atom is 0.396 e. The van der Waals surface area contributed by atoms with E-state index in [9.17, 15) is 14.4 Å². The van der Waals surface area contributed by atoms with Crippen LogP contribution in [-0.4, -0.2) is 51.8 Å². The van der Waals surface area contributed by atoms with E-state index >= 15 is 0 Å². The van der Waals surface area contributed by atoms with Gasteiger partial charge in [-0.2, -0.15) is 0 Å². The van der Waals surface area contributed by atoms with E-state index in [-0.39, 0.29) is 36.0 Å². The van der Waals surface area contributed by atoms with Gasteiger partial charge in [-0.3, -0.25) is 14.5 Å². The van der Waals surface area contributed by atoms with Gasteiger partial charge in [0.25, 0.3) is 5.22 Å². The number of hydrogen-bond donors (Lipinski definition) is 0. The van der Waals surface area contributed by atoms with Gasteiger partial charge < -0.3 is 9.15 Å². The summed E-state index contributed by atoms with van der Waals surface area (Å²) in [6.07, 6.45) is 0.0805. The monoisotopic (exact) mass is 285 g/mol. The molecule has 0 aliphatic carbocycles. The highest BCUT2D eigenvalue weighted by Crippen LogP contribution is 2.29. The fourth-order valence-corrected chi connectivity index (χ4v) is 2.41. The van der Waals surface area contributed by atoms with Gasteiger partial charge in [-0.05, 0) is 6.92 Å². The maximum atomic E-state index is 11.7. The molecule has 1 aliphatic rings. The van der Waals surface area contributed by atoms with Crippen molar-refractivity contribution in [2.24, 2.45) is 0 Å². The van der Waals surface area contributed by atoms with Gasteiger partial charge in [0.1, 0.15) is 5.25 Å². The Balaban J connectivity index is 2.03. The minimum Gasteiger partial charge on any atom is -0.459 e. The summed E-state index contributed by atoms with van der Waals surface area (Å²) in [4.78, 5) is 35.4. The molecule has 9 heteroatoms. The summed E-state index contributed by atoms with van der Waals surface area (Å²) in [6, 6.07) is 0. The Kier molecular flexibility index (Phi) is 3.84. The molecule has 1 saturated heterocycles. The van der Waals surface area contributed by atoms with Crippen LogP contribution in [0.25, 0.3) is 0 Å². The standard InChI is InChI=1S/C10H11N3O5S/c1-3-17-9(16)7-11-12-10(18-7)19-5-4-6(14)13(2)8(5)15/h5H,3-4H2,1-2H3. The molecule has 1 unspecified atom stereocenters. The van der Waals surface area contributed by atoms with Crippen LogP contribution in [0.1, 0.15) is 24.0 Å². The quantitative estimate of drug-likeness (QED) is 0.566. The van der Waals surface area contributed by atoms with Crippen molar-refractivity contribution in [1.29, 1.82) is 0 Å². The van der Waals surface area contributed by atoms with Gasteiger partial charge >= 0.3 is 11.9 Å². The van der Waals surface area contributed by atoms with E-state index < -0.39 is 11.2 Å². The molecule has 2 heterocycles. The first kappa shape index (κ1) is 13.5. The lowest BCUT2D eigenvalue weighted by Crippen LogP contribution is -2.26. The van der Waals surface area contributed by atoms with Crippen molar-refractivity contribution >= 4 is 29.5 Å². The minimum absolute atomic E-state index is 0.0597. The number of carbonyl (C=O) groups is 3. The maximum absolute atomic E-state index is 11.7. The Morgan fingerprint density at radius 2 is 2.26 bits per heavy atom. The van der Waals surface area contributed by atoms with Crippen molar-refractivity contribution in [1.82, 2.24) is 15.1 Å². The first-order valence-corrected chi connectivity index (χ1v) is 6.38. The summed E-state index contributed by atoms with van der Waals surface area (Å²) in [5.74, 6) is -1.55.